The smallest absolute Gasteiger partial charge is 0.173 e. The maximum atomic E-state index is 12.7. The lowest BCUT2D eigenvalue weighted by molar-refractivity contribution is 0.0963. The number of benzene rings is 2. The summed E-state index contributed by atoms with van der Waals surface area (Å²) < 4.78 is 6.27. The van der Waals surface area contributed by atoms with Crippen LogP contribution >= 0.6 is 15.9 Å². The largest absolute Gasteiger partial charge is 0.496 e. The van der Waals surface area contributed by atoms with Gasteiger partial charge in [-0.1, -0.05) is 53.2 Å². The minimum atomic E-state index is -0.195. The Morgan fingerprint density at radius 2 is 1.85 bits per heavy atom. The number of hydrogen-bond acceptors (Lipinski definition) is 2. The molecule has 0 spiro atoms. The van der Waals surface area contributed by atoms with E-state index in [9.17, 15) is 4.79 Å². The molecular weight excluding hydrogens is 316 g/mol. The predicted molar refractivity (Wildman–Crippen MR) is 84.6 cm³/mol. The monoisotopic (exact) mass is 332 g/mol. The Labute approximate surface area is 127 Å². The van der Waals surface area contributed by atoms with Crippen molar-refractivity contribution in [3.8, 4) is 5.75 Å². The van der Waals surface area contributed by atoms with Crippen molar-refractivity contribution in [2.45, 2.75) is 19.8 Å². The van der Waals surface area contributed by atoms with Gasteiger partial charge in [0.25, 0.3) is 0 Å². The van der Waals surface area contributed by atoms with Crippen LogP contribution in [0.15, 0.2) is 46.9 Å². The average Bonchev–Trinajstić information content (AvgIpc) is 2.49. The second-order valence-electron chi connectivity index (χ2n) is 4.80. The van der Waals surface area contributed by atoms with Gasteiger partial charge in [0.2, 0.25) is 0 Å². The summed E-state index contributed by atoms with van der Waals surface area (Å²) >= 11 is 3.48. The van der Waals surface area contributed by atoms with E-state index in [-0.39, 0.29) is 11.7 Å². The van der Waals surface area contributed by atoms with Crippen LogP contribution in [0.5, 0.6) is 5.75 Å². The molecule has 0 saturated carbocycles. The van der Waals surface area contributed by atoms with E-state index >= 15 is 0 Å². The van der Waals surface area contributed by atoms with Gasteiger partial charge in [0.1, 0.15) is 5.75 Å². The lowest BCUT2D eigenvalue weighted by Crippen LogP contribution is -2.11. The van der Waals surface area contributed by atoms with Crippen LogP contribution in [0.1, 0.15) is 34.3 Å². The van der Waals surface area contributed by atoms with E-state index in [0.717, 1.165) is 15.6 Å². The first-order chi connectivity index (χ1) is 9.54. The molecule has 1 atom stereocenters. The molecule has 2 nitrogen and oxygen atoms in total. The van der Waals surface area contributed by atoms with Crippen LogP contribution in [-0.2, 0) is 0 Å². The van der Waals surface area contributed by atoms with E-state index in [2.05, 4.69) is 15.9 Å². The van der Waals surface area contributed by atoms with Gasteiger partial charge in [0, 0.05) is 10.4 Å². The molecule has 2 rings (SSSR count). The van der Waals surface area contributed by atoms with Crippen LogP contribution in [0.3, 0.4) is 0 Å². The lowest BCUT2D eigenvalue weighted by Gasteiger charge is -2.15. The van der Waals surface area contributed by atoms with Gasteiger partial charge in [-0.2, -0.15) is 0 Å². The Morgan fingerprint density at radius 1 is 1.20 bits per heavy atom. The summed E-state index contributed by atoms with van der Waals surface area (Å²) in [7, 11) is 1.59. The Kier molecular flexibility index (Phi) is 4.61. The summed E-state index contributed by atoms with van der Waals surface area (Å²) in [5.74, 6) is 0.493. The second-order valence-corrected chi connectivity index (χ2v) is 5.65. The van der Waals surface area contributed by atoms with Gasteiger partial charge < -0.3 is 4.74 Å². The first kappa shape index (κ1) is 14.8. The van der Waals surface area contributed by atoms with E-state index < -0.39 is 0 Å². The van der Waals surface area contributed by atoms with Crippen LogP contribution in [0.25, 0.3) is 0 Å². The third-order valence-electron chi connectivity index (χ3n) is 3.44. The third-order valence-corrected chi connectivity index (χ3v) is 4.29. The molecule has 0 aliphatic heterocycles. The Hall–Kier alpha value is -1.61. The maximum absolute atomic E-state index is 12.7. The molecule has 0 saturated heterocycles. The molecule has 0 amide bonds. The minimum Gasteiger partial charge on any atom is -0.496 e. The molecule has 104 valence electrons. The van der Waals surface area contributed by atoms with Gasteiger partial charge >= 0.3 is 0 Å². The van der Waals surface area contributed by atoms with Crippen molar-refractivity contribution in [3.63, 3.8) is 0 Å². The van der Waals surface area contributed by atoms with Crippen LogP contribution in [0.4, 0.5) is 0 Å². The minimum absolute atomic E-state index is 0.0637. The van der Waals surface area contributed by atoms with Crippen molar-refractivity contribution >= 4 is 21.7 Å². The Balaban J connectivity index is 2.41. The SMILES string of the molecule is COc1cc(C)c(Br)cc1C(=O)C(C)c1ccccc1. The number of ether oxygens (including phenoxy) is 1. The van der Waals surface area contributed by atoms with E-state index in [4.69, 9.17) is 4.74 Å². The van der Waals surface area contributed by atoms with Crippen molar-refractivity contribution in [2.24, 2.45) is 0 Å². The molecule has 0 bridgehead atoms. The number of carbonyl (C=O) groups excluding carboxylic acids is 1. The molecule has 1 unspecified atom stereocenters. The van der Waals surface area contributed by atoms with Crippen molar-refractivity contribution in [1.82, 2.24) is 0 Å². The zero-order valence-electron chi connectivity index (χ0n) is 11.8. The molecule has 0 N–H and O–H groups in total. The first-order valence-electron chi connectivity index (χ1n) is 6.48. The lowest BCUT2D eigenvalue weighted by atomic mass is 9.91. The fourth-order valence-corrected chi connectivity index (χ4v) is 2.49. The molecular formula is C17H17BrO2. The van der Waals surface area contributed by atoms with Gasteiger partial charge in [-0.25, -0.2) is 0 Å². The molecule has 2 aromatic rings. The van der Waals surface area contributed by atoms with Crippen molar-refractivity contribution < 1.29 is 9.53 Å². The summed E-state index contributed by atoms with van der Waals surface area (Å²) in [6.45, 7) is 3.90. The molecule has 0 aliphatic rings. The first-order valence-corrected chi connectivity index (χ1v) is 7.27. The summed E-state index contributed by atoms with van der Waals surface area (Å²) in [6.07, 6.45) is 0. The molecule has 2 aromatic carbocycles. The van der Waals surface area contributed by atoms with E-state index in [1.54, 1.807) is 7.11 Å². The Bertz CT molecular complexity index is 620. The quantitative estimate of drug-likeness (QED) is 0.755. The molecule has 0 aromatic heterocycles. The van der Waals surface area contributed by atoms with Crippen LogP contribution in [0.2, 0.25) is 0 Å². The number of ketones is 1. The summed E-state index contributed by atoms with van der Waals surface area (Å²) in [5, 5.41) is 0. The zero-order chi connectivity index (χ0) is 14.7. The van der Waals surface area contributed by atoms with E-state index in [0.29, 0.717) is 11.3 Å². The standard InChI is InChI=1S/C17H17BrO2/c1-11-9-16(20-3)14(10-15(11)18)17(19)12(2)13-7-5-4-6-8-13/h4-10,12H,1-3H3. The Morgan fingerprint density at radius 3 is 2.45 bits per heavy atom. The number of halogens is 1. The highest BCUT2D eigenvalue weighted by Crippen LogP contribution is 2.31. The molecule has 3 heteroatoms. The normalized spacial score (nSPS) is 12.0. The highest BCUT2D eigenvalue weighted by atomic mass is 79.9. The van der Waals surface area contributed by atoms with Crippen molar-refractivity contribution in [3.05, 3.63) is 63.6 Å². The maximum Gasteiger partial charge on any atom is 0.173 e. The fraction of sp³-hybridized carbons (Fsp3) is 0.235. The number of rotatable bonds is 4. The third kappa shape index (κ3) is 2.93. The number of Topliss-reactive ketones (excluding diaryl/α,β-unsaturated/α-hetero) is 1. The number of aryl methyl sites for hydroxylation is 1. The molecule has 0 aliphatic carbocycles. The van der Waals surface area contributed by atoms with Crippen LogP contribution < -0.4 is 4.74 Å². The van der Waals surface area contributed by atoms with Gasteiger partial charge in [0.15, 0.2) is 5.78 Å². The zero-order valence-corrected chi connectivity index (χ0v) is 13.4. The molecule has 0 fully saturated rings. The van der Waals surface area contributed by atoms with E-state index in [1.807, 2.05) is 56.3 Å². The summed E-state index contributed by atoms with van der Waals surface area (Å²) in [5.41, 5.74) is 2.67. The second kappa shape index (κ2) is 6.23. The predicted octanol–water partition coefficient (Wildman–Crippen LogP) is 4.75. The van der Waals surface area contributed by atoms with Gasteiger partial charge in [-0.3, -0.25) is 4.79 Å². The summed E-state index contributed by atoms with van der Waals surface area (Å²) in [4.78, 5) is 12.7. The van der Waals surface area contributed by atoms with Gasteiger partial charge in [0.05, 0.1) is 12.7 Å². The van der Waals surface area contributed by atoms with Gasteiger partial charge in [-0.05, 0) is 30.2 Å². The van der Waals surface area contributed by atoms with Crippen molar-refractivity contribution in [1.29, 1.82) is 0 Å². The topological polar surface area (TPSA) is 26.3 Å². The van der Waals surface area contributed by atoms with Crippen LogP contribution in [0, 0.1) is 6.92 Å². The van der Waals surface area contributed by atoms with Crippen molar-refractivity contribution in [2.75, 3.05) is 7.11 Å². The highest BCUT2D eigenvalue weighted by Gasteiger charge is 2.21. The van der Waals surface area contributed by atoms with Crippen LogP contribution in [-0.4, -0.2) is 12.9 Å². The number of carbonyl (C=O) groups is 1. The molecule has 0 heterocycles. The highest BCUT2D eigenvalue weighted by molar-refractivity contribution is 9.10. The number of methoxy groups -OCH3 is 1. The average molecular weight is 333 g/mol. The fourth-order valence-electron chi connectivity index (χ4n) is 2.14. The number of hydrogen-bond donors (Lipinski definition) is 0. The van der Waals surface area contributed by atoms with Gasteiger partial charge in [-0.15, -0.1) is 0 Å². The summed E-state index contributed by atoms with van der Waals surface area (Å²) in [6, 6.07) is 13.5. The molecule has 0 radical (unpaired) electrons. The van der Waals surface area contributed by atoms with E-state index in [1.165, 1.54) is 0 Å². The molecule has 20 heavy (non-hydrogen) atoms.